The first-order valence-electron chi connectivity index (χ1n) is 23.1. The van der Waals surface area contributed by atoms with Crippen LogP contribution in [0.4, 0.5) is 0 Å². The average Bonchev–Trinajstić information content (AvgIpc) is 3.95. The molecule has 322 valence electrons. The monoisotopic (exact) mass is 813 g/mol. The summed E-state index contributed by atoms with van der Waals surface area (Å²) < 4.78 is 5.80. The van der Waals surface area contributed by atoms with E-state index in [-0.39, 0.29) is 17.8 Å². The zero-order valence-electron chi connectivity index (χ0n) is 38.5. The van der Waals surface area contributed by atoms with Crippen LogP contribution in [0.2, 0.25) is 0 Å². The minimum absolute atomic E-state index is 0.00146. The van der Waals surface area contributed by atoms with Gasteiger partial charge < -0.3 is 15.2 Å². The highest BCUT2D eigenvalue weighted by molar-refractivity contribution is 6.21. The third-order valence-corrected chi connectivity index (χ3v) is 13.8. The number of rotatable bonds is 19. The van der Waals surface area contributed by atoms with Gasteiger partial charge in [0.2, 0.25) is 0 Å². The second-order valence-corrected chi connectivity index (χ2v) is 18.9. The van der Waals surface area contributed by atoms with E-state index in [1.54, 1.807) is 0 Å². The predicted molar refractivity (Wildman–Crippen MR) is 251 cm³/mol. The number of ether oxygens (including phenoxy) is 1. The molecule has 1 aliphatic carbocycles. The van der Waals surface area contributed by atoms with E-state index < -0.39 is 0 Å². The molecule has 0 aromatic rings. The van der Waals surface area contributed by atoms with Crippen molar-refractivity contribution in [2.75, 3.05) is 6.61 Å². The Morgan fingerprint density at radius 2 is 1.57 bits per heavy atom. The molecule has 6 aliphatic rings. The van der Waals surface area contributed by atoms with Gasteiger partial charge in [-0.25, -0.2) is 15.0 Å². The standard InChI is InChI=1S/C53H72N4O3/c1-12-39-35(8)43-28-45-37(10)41(23-24-50(59)60-26-25-34(7)22-16-21-33(6)20-15-19-32(5)18-14-17-31(3)4)52(56-45)42-27-49(58)51-38(11)46(57-53(42)51)30-48-40(13-2)36(9)44(55-48)29-47(39)54-43/h12,25,28-33,37,41,56,58H,1,13-24,26-27H2,2-11H3/b34-25+,45-28?,47-29?,48-30?,52-42?/t32-,33-,37?,41?/m1/s1. The zero-order chi connectivity index (χ0) is 43.2. The summed E-state index contributed by atoms with van der Waals surface area (Å²) in [6.07, 6.45) is 24.0. The maximum atomic E-state index is 13.3. The molecule has 5 heterocycles. The highest BCUT2D eigenvalue weighted by Gasteiger charge is 2.41. The minimum atomic E-state index is -0.188. The van der Waals surface area contributed by atoms with Gasteiger partial charge in [-0.1, -0.05) is 105 Å². The average molecular weight is 813 g/mol. The number of hydrogen-bond donors (Lipinski definition) is 2. The summed E-state index contributed by atoms with van der Waals surface area (Å²) in [5, 5.41) is 15.2. The fraction of sp³-hybridized carbons (Fsp3) is 0.547. The van der Waals surface area contributed by atoms with Crippen LogP contribution in [-0.2, 0) is 9.53 Å². The number of hydrogen-bond acceptors (Lipinski definition) is 7. The van der Waals surface area contributed by atoms with Crippen molar-refractivity contribution in [3.63, 3.8) is 0 Å². The smallest absolute Gasteiger partial charge is 0.306 e. The van der Waals surface area contributed by atoms with E-state index in [2.05, 4.69) is 98.5 Å². The number of nitrogens with one attached hydrogen (secondary N) is 1. The largest absolute Gasteiger partial charge is 0.511 e. The van der Waals surface area contributed by atoms with Crippen LogP contribution in [0.1, 0.15) is 153 Å². The van der Waals surface area contributed by atoms with E-state index in [1.807, 2.05) is 13.0 Å². The van der Waals surface area contributed by atoms with Crippen molar-refractivity contribution in [3.05, 3.63) is 116 Å². The third-order valence-electron chi connectivity index (χ3n) is 13.8. The Morgan fingerprint density at radius 1 is 0.900 bits per heavy atom. The van der Waals surface area contributed by atoms with Gasteiger partial charge in [-0.3, -0.25) is 4.79 Å². The van der Waals surface area contributed by atoms with E-state index in [0.717, 1.165) is 110 Å². The number of nitrogens with zero attached hydrogens (tertiary/aromatic N) is 3. The van der Waals surface area contributed by atoms with Gasteiger partial charge in [0.25, 0.3) is 0 Å². The van der Waals surface area contributed by atoms with Crippen LogP contribution in [-0.4, -0.2) is 34.8 Å². The molecule has 7 heteroatoms. The van der Waals surface area contributed by atoms with Crippen LogP contribution in [0.15, 0.2) is 131 Å². The number of carbonyl (C=O) groups is 1. The first-order valence-corrected chi connectivity index (χ1v) is 23.1. The van der Waals surface area contributed by atoms with E-state index in [4.69, 9.17) is 19.7 Å². The van der Waals surface area contributed by atoms with E-state index >= 15 is 0 Å². The molecule has 0 amide bonds. The van der Waals surface area contributed by atoms with Gasteiger partial charge in [0.05, 0.1) is 34.2 Å². The fourth-order valence-corrected chi connectivity index (χ4v) is 9.81. The van der Waals surface area contributed by atoms with Gasteiger partial charge in [-0.2, -0.15) is 0 Å². The molecule has 1 fully saturated rings. The lowest BCUT2D eigenvalue weighted by Gasteiger charge is -2.17. The van der Waals surface area contributed by atoms with E-state index in [9.17, 15) is 9.90 Å². The fourth-order valence-electron chi connectivity index (χ4n) is 9.81. The Morgan fingerprint density at radius 3 is 2.25 bits per heavy atom. The number of aliphatic imine (C=N–C) groups is 3. The molecule has 7 nitrogen and oxygen atoms in total. The van der Waals surface area contributed by atoms with Crippen molar-refractivity contribution in [1.82, 2.24) is 5.32 Å². The van der Waals surface area contributed by atoms with E-state index in [0.29, 0.717) is 31.6 Å². The Kier molecular flexibility index (Phi) is 14.9. The molecule has 0 aromatic carbocycles. The highest BCUT2D eigenvalue weighted by Crippen LogP contribution is 2.46. The van der Waals surface area contributed by atoms with Crippen LogP contribution in [0.5, 0.6) is 0 Å². The molecule has 1 saturated heterocycles. The second-order valence-electron chi connectivity index (χ2n) is 18.9. The van der Waals surface area contributed by atoms with Crippen LogP contribution in [0, 0.1) is 29.6 Å². The number of aliphatic hydroxyl groups excluding tert-OH is 1. The number of carbonyl (C=O) groups excluding carboxylic acids is 1. The van der Waals surface area contributed by atoms with Crippen molar-refractivity contribution in [1.29, 1.82) is 0 Å². The van der Waals surface area contributed by atoms with Gasteiger partial charge in [0, 0.05) is 52.8 Å². The molecule has 6 rings (SSSR count). The lowest BCUT2D eigenvalue weighted by Crippen LogP contribution is -2.16. The Labute approximate surface area is 361 Å². The van der Waals surface area contributed by atoms with Crippen molar-refractivity contribution >= 4 is 23.1 Å². The van der Waals surface area contributed by atoms with Crippen molar-refractivity contribution < 1.29 is 14.6 Å². The molecule has 0 radical (unpaired) electrons. The Balaban J connectivity index is 1.12. The van der Waals surface area contributed by atoms with E-state index in [1.165, 1.54) is 62.5 Å². The molecular formula is C53H72N4O3. The van der Waals surface area contributed by atoms with Crippen molar-refractivity contribution in [2.45, 2.75) is 153 Å². The molecule has 8 bridgehead atoms. The predicted octanol–water partition coefficient (Wildman–Crippen LogP) is 13.6. The summed E-state index contributed by atoms with van der Waals surface area (Å²) in [7, 11) is 0. The Hall–Kier alpha value is -4.52. The third kappa shape index (κ3) is 10.1. The quantitative estimate of drug-likeness (QED) is 0.100. The van der Waals surface area contributed by atoms with Crippen LogP contribution >= 0.6 is 0 Å². The molecular weight excluding hydrogens is 741 g/mol. The molecule has 0 aromatic heterocycles. The molecule has 0 spiro atoms. The number of esters is 1. The first kappa shape index (κ1) is 45.0. The molecule has 60 heavy (non-hydrogen) atoms. The lowest BCUT2D eigenvalue weighted by atomic mass is 9.86. The van der Waals surface area contributed by atoms with Crippen LogP contribution < -0.4 is 5.32 Å². The summed E-state index contributed by atoms with van der Waals surface area (Å²) in [6.45, 7) is 26.7. The molecule has 4 atom stereocenters. The number of allylic oxidation sites excluding steroid dienone is 13. The summed E-state index contributed by atoms with van der Waals surface area (Å²) >= 11 is 0. The zero-order valence-corrected chi connectivity index (χ0v) is 38.5. The summed E-state index contributed by atoms with van der Waals surface area (Å²) in [4.78, 5) is 28.7. The maximum absolute atomic E-state index is 13.3. The van der Waals surface area contributed by atoms with Gasteiger partial charge in [-0.15, -0.1) is 0 Å². The van der Waals surface area contributed by atoms with Crippen molar-refractivity contribution in [3.8, 4) is 0 Å². The first-order chi connectivity index (χ1) is 28.7. The number of aliphatic hydroxyl groups is 1. The van der Waals surface area contributed by atoms with Crippen LogP contribution in [0.3, 0.4) is 0 Å². The molecule has 2 N–H and O–H groups in total. The lowest BCUT2D eigenvalue weighted by molar-refractivity contribution is -0.142. The second kappa shape index (κ2) is 19.9. The van der Waals surface area contributed by atoms with Gasteiger partial charge in [0.1, 0.15) is 12.4 Å². The summed E-state index contributed by atoms with van der Waals surface area (Å²) in [5.41, 5.74) is 15.6. The minimum Gasteiger partial charge on any atom is -0.511 e. The topological polar surface area (TPSA) is 95.6 Å². The number of fused-ring (bicyclic) bond motifs is 5. The normalized spacial score (nSPS) is 22.4. The van der Waals surface area contributed by atoms with Gasteiger partial charge >= 0.3 is 5.97 Å². The van der Waals surface area contributed by atoms with Crippen molar-refractivity contribution in [2.24, 2.45) is 44.6 Å². The highest BCUT2D eigenvalue weighted by atomic mass is 16.5. The van der Waals surface area contributed by atoms with Gasteiger partial charge in [0.15, 0.2) is 0 Å². The molecule has 5 aliphatic heterocycles. The summed E-state index contributed by atoms with van der Waals surface area (Å²) in [5.74, 6) is 2.61. The SMILES string of the molecule is C=CC1=C(C)C2=NC1=CC1=NC(=CC3=C(C)C4=C(O)CC(=C5NC(=C2)C(C)C5CCC(=O)OC/C=C(\C)CCC[C@H](C)CCC[C@H](C)CCCC(C)C)C4=N3)C(CC)=C1C. The maximum Gasteiger partial charge on any atom is 0.306 e. The Bertz CT molecular complexity index is 2130. The molecule has 2 unspecified atom stereocenters. The van der Waals surface area contributed by atoms with Crippen LogP contribution in [0.25, 0.3) is 0 Å². The summed E-state index contributed by atoms with van der Waals surface area (Å²) in [6, 6.07) is 0. The van der Waals surface area contributed by atoms with Gasteiger partial charge in [-0.05, 0) is 118 Å². The molecule has 0 saturated carbocycles.